The zero-order valence-corrected chi connectivity index (χ0v) is 17.1. The van der Waals surface area contributed by atoms with Gasteiger partial charge < -0.3 is 10.1 Å². The van der Waals surface area contributed by atoms with E-state index in [1.54, 1.807) is 24.3 Å². The molecule has 1 N–H and O–H groups in total. The predicted molar refractivity (Wildman–Crippen MR) is 111 cm³/mol. The van der Waals surface area contributed by atoms with Crippen LogP contribution >= 0.6 is 23.2 Å². The second-order valence-corrected chi connectivity index (χ2v) is 7.25. The fraction of sp³-hybridized carbons (Fsp3) is 0.200. The van der Waals surface area contributed by atoms with Crippen LogP contribution < -0.4 is 10.9 Å². The van der Waals surface area contributed by atoms with Gasteiger partial charge in [0, 0.05) is 28.2 Å². The highest BCUT2D eigenvalue weighted by Gasteiger charge is 2.20. The number of fused-ring (bicyclic) bond motifs is 1. The highest BCUT2D eigenvalue weighted by molar-refractivity contribution is 6.35. The van der Waals surface area contributed by atoms with Gasteiger partial charge in [-0.3, -0.25) is 14.4 Å². The molecule has 1 aromatic heterocycles. The summed E-state index contributed by atoms with van der Waals surface area (Å²) in [6.45, 7) is 1.45. The summed E-state index contributed by atoms with van der Waals surface area (Å²) in [6, 6.07) is 11.5. The van der Waals surface area contributed by atoms with Crippen molar-refractivity contribution in [2.24, 2.45) is 7.05 Å². The number of ether oxygens (including phenoxy) is 1. The Kier molecular flexibility index (Phi) is 6.20. The largest absolute Gasteiger partial charge is 0.452 e. The topological polar surface area (TPSA) is 90.3 Å². The minimum Gasteiger partial charge on any atom is -0.452 e. The Morgan fingerprint density at radius 3 is 2.41 bits per heavy atom. The summed E-state index contributed by atoms with van der Waals surface area (Å²) in [5, 5.41) is 8.50. The van der Waals surface area contributed by atoms with Crippen LogP contribution in [-0.4, -0.2) is 27.8 Å². The Bertz CT molecular complexity index is 1140. The number of hydrogen-bond acceptors (Lipinski definition) is 5. The van der Waals surface area contributed by atoms with Crippen molar-refractivity contribution in [3.05, 3.63) is 68.6 Å². The molecule has 0 fully saturated rings. The molecule has 0 saturated carbocycles. The maximum Gasteiger partial charge on any atom is 0.312 e. The molecule has 1 atom stereocenters. The standard InChI is InChI=1S/C20H17Cl2N3O4/c1-11(19(27)23-14-8-12(21)7-13(22)9-14)29-18(26)10-17-15-5-3-4-6-16(15)20(28)25(2)24-17/h3-9,11H,10H2,1-2H3,(H,23,27)/t11-/m0/s1. The van der Waals surface area contributed by atoms with Crippen LogP contribution in [0.5, 0.6) is 0 Å². The van der Waals surface area contributed by atoms with Gasteiger partial charge in [0.2, 0.25) is 0 Å². The summed E-state index contributed by atoms with van der Waals surface area (Å²) < 4.78 is 6.39. The van der Waals surface area contributed by atoms with Crippen molar-refractivity contribution in [3.8, 4) is 0 Å². The van der Waals surface area contributed by atoms with Crippen LogP contribution in [0, 0.1) is 0 Å². The quantitative estimate of drug-likeness (QED) is 0.622. The first-order chi connectivity index (χ1) is 13.7. The number of hydrogen-bond donors (Lipinski definition) is 1. The Balaban J connectivity index is 1.70. The smallest absolute Gasteiger partial charge is 0.312 e. The first-order valence-corrected chi connectivity index (χ1v) is 9.41. The first-order valence-electron chi connectivity index (χ1n) is 8.66. The fourth-order valence-electron chi connectivity index (χ4n) is 2.81. The summed E-state index contributed by atoms with van der Waals surface area (Å²) in [5.41, 5.74) is 0.522. The molecule has 1 amide bonds. The number of carbonyl (C=O) groups is 2. The average Bonchev–Trinajstić information content (AvgIpc) is 2.65. The van der Waals surface area contributed by atoms with E-state index in [4.69, 9.17) is 27.9 Å². The molecule has 150 valence electrons. The number of carbonyl (C=O) groups excluding carboxylic acids is 2. The van der Waals surface area contributed by atoms with Crippen molar-refractivity contribution in [1.29, 1.82) is 0 Å². The number of anilines is 1. The Hall–Kier alpha value is -2.90. The molecule has 9 heteroatoms. The molecule has 29 heavy (non-hydrogen) atoms. The van der Waals surface area contributed by atoms with E-state index in [9.17, 15) is 14.4 Å². The second-order valence-electron chi connectivity index (χ2n) is 6.38. The molecular weight excluding hydrogens is 417 g/mol. The number of nitrogens with one attached hydrogen (secondary N) is 1. The van der Waals surface area contributed by atoms with E-state index < -0.39 is 18.0 Å². The zero-order chi connectivity index (χ0) is 21.1. The van der Waals surface area contributed by atoms with Gasteiger partial charge in [0.05, 0.1) is 17.5 Å². The highest BCUT2D eigenvalue weighted by atomic mass is 35.5. The molecule has 3 aromatic rings. The van der Waals surface area contributed by atoms with E-state index in [1.165, 1.54) is 36.9 Å². The summed E-state index contributed by atoms with van der Waals surface area (Å²) in [5.74, 6) is -1.18. The minimum absolute atomic E-state index is 0.185. The van der Waals surface area contributed by atoms with Gasteiger partial charge in [0.25, 0.3) is 11.5 Å². The number of rotatable bonds is 5. The third-order valence-electron chi connectivity index (χ3n) is 4.15. The molecule has 7 nitrogen and oxygen atoms in total. The van der Waals surface area contributed by atoms with Crippen LogP contribution in [0.3, 0.4) is 0 Å². The van der Waals surface area contributed by atoms with E-state index in [2.05, 4.69) is 10.4 Å². The number of benzene rings is 2. The van der Waals surface area contributed by atoms with E-state index in [1.807, 2.05) is 0 Å². The Labute approximate surface area is 176 Å². The monoisotopic (exact) mass is 433 g/mol. The van der Waals surface area contributed by atoms with Crippen LogP contribution in [0.4, 0.5) is 5.69 Å². The van der Waals surface area contributed by atoms with E-state index >= 15 is 0 Å². The third kappa shape index (κ3) is 4.93. The van der Waals surface area contributed by atoms with E-state index in [0.717, 1.165) is 0 Å². The van der Waals surface area contributed by atoms with Gasteiger partial charge in [0.15, 0.2) is 6.10 Å². The lowest BCUT2D eigenvalue weighted by molar-refractivity contribution is -0.152. The Morgan fingerprint density at radius 2 is 1.76 bits per heavy atom. The van der Waals surface area contributed by atoms with Gasteiger partial charge in [0.1, 0.15) is 0 Å². The van der Waals surface area contributed by atoms with Crippen LogP contribution in [0.15, 0.2) is 47.3 Å². The number of aryl methyl sites for hydroxylation is 1. The van der Waals surface area contributed by atoms with Crippen LogP contribution in [0.2, 0.25) is 10.0 Å². The van der Waals surface area contributed by atoms with Crippen LogP contribution in [-0.2, 0) is 27.8 Å². The third-order valence-corrected chi connectivity index (χ3v) is 4.59. The lowest BCUT2D eigenvalue weighted by atomic mass is 10.1. The average molecular weight is 434 g/mol. The number of amides is 1. The van der Waals surface area contributed by atoms with Crippen molar-refractivity contribution in [1.82, 2.24) is 9.78 Å². The number of halogens is 2. The SMILES string of the molecule is C[C@H](OC(=O)Cc1nn(C)c(=O)c2ccccc12)C(=O)Nc1cc(Cl)cc(Cl)c1. The van der Waals surface area contributed by atoms with Gasteiger partial charge in [-0.05, 0) is 31.2 Å². The lowest BCUT2D eigenvalue weighted by Crippen LogP contribution is -2.31. The van der Waals surface area contributed by atoms with Crippen molar-refractivity contribution in [2.75, 3.05) is 5.32 Å². The molecule has 0 bridgehead atoms. The van der Waals surface area contributed by atoms with Crippen molar-refractivity contribution < 1.29 is 14.3 Å². The molecule has 0 aliphatic heterocycles. The van der Waals surface area contributed by atoms with Gasteiger partial charge in [-0.25, -0.2) is 4.68 Å². The Morgan fingerprint density at radius 1 is 1.14 bits per heavy atom. The minimum atomic E-state index is -1.06. The zero-order valence-electron chi connectivity index (χ0n) is 15.6. The molecular formula is C20H17Cl2N3O4. The molecule has 0 radical (unpaired) electrons. The van der Waals surface area contributed by atoms with Gasteiger partial charge in [-0.2, -0.15) is 5.10 Å². The fourth-order valence-corrected chi connectivity index (χ4v) is 3.33. The van der Waals surface area contributed by atoms with E-state index in [-0.39, 0.29) is 12.0 Å². The summed E-state index contributed by atoms with van der Waals surface area (Å²) in [6.07, 6.45) is -1.24. The maximum atomic E-state index is 12.4. The van der Waals surface area contributed by atoms with Crippen LogP contribution in [0.25, 0.3) is 10.8 Å². The molecule has 0 saturated heterocycles. The maximum absolute atomic E-state index is 12.4. The number of aromatic nitrogens is 2. The normalized spacial score (nSPS) is 11.9. The summed E-state index contributed by atoms with van der Waals surface area (Å²) >= 11 is 11.8. The van der Waals surface area contributed by atoms with E-state index in [0.29, 0.717) is 32.2 Å². The predicted octanol–water partition coefficient (Wildman–Crippen LogP) is 3.35. The molecule has 0 unspecified atom stereocenters. The summed E-state index contributed by atoms with van der Waals surface area (Å²) in [4.78, 5) is 36.8. The first kappa shape index (κ1) is 20.8. The second kappa shape index (κ2) is 8.63. The molecule has 0 aliphatic carbocycles. The van der Waals surface area contributed by atoms with Gasteiger partial charge in [-0.1, -0.05) is 41.4 Å². The molecule has 1 heterocycles. The van der Waals surface area contributed by atoms with Gasteiger partial charge in [-0.15, -0.1) is 0 Å². The van der Waals surface area contributed by atoms with Crippen molar-refractivity contribution in [3.63, 3.8) is 0 Å². The highest BCUT2D eigenvalue weighted by Crippen LogP contribution is 2.22. The van der Waals surface area contributed by atoms with Gasteiger partial charge >= 0.3 is 5.97 Å². The number of nitrogens with zero attached hydrogens (tertiary/aromatic N) is 2. The molecule has 3 rings (SSSR count). The summed E-state index contributed by atoms with van der Waals surface area (Å²) in [7, 11) is 1.51. The molecule has 0 aliphatic rings. The van der Waals surface area contributed by atoms with Crippen LogP contribution in [0.1, 0.15) is 12.6 Å². The van der Waals surface area contributed by atoms with Crippen molar-refractivity contribution >= 4 is 51.5 Å². The number of esters is 1. The van der Waals surface area contributed by atoms with Crippen molar-refractivity contribution in [2.45, 2.75) is 19.4 Å². The molecule has 0 spiro atoms. The molecule has 2 aromatic carbocycles. The lowest BCUT2D eigenvalue weighted by Gasteiger charge is -2.14.